The standard InChI is InChI=1S/C11H12BrN3O/c1-3-11(2,7-13)10(16)15-9-4-5-14-6-8(9)12/h4-6H,3H2,1-2H3,(H,14,15,16). The summed E-state index contributed by atoms with van der Waals surface area (Å²) < 4.78 is 0.694. The first-order valence-electron chi connectivity index (χ1n) is 4.85. The third-order valence-electron chi connectivity index (χ3n) is 2.48. The number of carbonyl (C=O) groups excluding carboxylic acids is 1. The SMILES string of the molecule is CCC(C)(C#N)C(=O)Nc1ccncc1Br. The molecule has 1 rings (SSSR count). The van der Waals surface area contributed by atoms with E-state index in [-0.39, 0.29) is 5.91 Å². The Morgan fingerprint density at radius 2 is 2.44 bits per heavy atom. The molecule has 0 radical (unpaired) electrons. The van der Waals surface area contributed by atoms with Crippen molar-refractivity contribution in [3.8, 4) is 6.07 Å². The number of nitrogens with zero attached hydrogens (tertiary/aromatic N) is 2. The first kappa shape index (κ1) is 12.7. The predicted octanol–water partition coefficient (Wildman–Crippen LogP) is 2.72. The fraction of sp³-hybridized carbons (Fsp3) is 0.364. The van der Waals surface area contributed by atoms with Crippen molar-refractivity contribution in [3.05, 3.63) is 22.9 Å². The van der Waals surface area contributed by atoms with Crippen molar-refractivity contribution in [1.82, 2.24) is 4.98 Å². The van der Waals surface area contributed by atoms with Crippen LogP contribution in [0.25, 0.3) is 0 Å². The lowest BCUT2D eigenvalue weighted by Gasteiger charge is -2.18. The van der Waals surface area contributed by atoms with Gasteiger partial charge >= 0.3 is 0 Å². The van der Waals surface area contributed by atoms with Crippen LogP contribution in [0, 0.1) is 16.7 Å². The summed E-state index contributed by atoms with van der Waals surface area (Å²) in [5.74, 6) is -0.301. The number of anilines is 1. The smallest absolute Gasteiger partial charge is 0.244 e. The molecule has 0 fully saturated rings. The molecule has 0 aromatic carbocycles. The molecule has 0 bridgehead atoms. The van der Waals surface area contributed by atoms with Crippen molar-refractivity contribution in [2.45, 2.75) is 20.3 Å². The number of nitriles is 1. The molecule has 0 aliphatic carbocycles. The van der Waals surface area contributed by atoms with Crippen LogP contribution in [-0.4, -0.2) is 10.9 Å². The van der Waals surface area contributed by atoms with Crippen molar-refractivity contribution < 1.29 is 4.79 Å². The van der Waals surface area contributed by atoms with E-state index in [0.717, 1.165) is 0 Å². The van der Waals surface area contributed by atoms with Gasteiger partial charge < -0.3 is 5.32 Å². The molecule has 0 spiro atoms. The second-order valence-electron chi connectivity index (χ2n) is 3.61. The van der Waals surface area contributed by atoms with Crippen molar-refractivity contribution in [3.63, 3.8) is 0 Å². The zero-order valence-corrected chi connectivity index (χ0v) is 10.7. The summed E-state index contributed by atoms with van der Waals surface area (Å²) in [6.07, 6.45) is 3.64. The minimum absolute atomic E-state index is 0.301. The molecule has 1 amide bonds. The van der Waals surface area contributed by atoms with Crippen LogP contribution in [-0.2, 0) is 4.79 Å². The summed E-state index contributed by atoms with van der Waals surface area (Å²) in [6, 6.07) is 3.70. The molecule has 1 N–H and O–H groups in total. The summed E-state index contributed by atoms with van der Waals surface area (Å²) in [5.41, 5.74) is -0.377. The first-order valence-corrected chi connectivity index (χ1v) is 5.65. The second kappa shape index (κ2) is 5.08. The zero-order valence-electron chi connectivity index (χ0n) is 9.12. The second-order valence-corrected chi connectivity index (χ2v) is 4.46. The van der Waals surface area contributed by atoms with Crippen molar-refractivity contribution in [2.75, 3.05) is 5.32 Å². The van der Waals surface area contributed by atoms with Gasteiger partial charge in [-0.15, -0.1) is 0 Å². The van der Waals surface area contributed by atoms with Crippen LogP contribution in [0.2, 0.25) is 0 Å². The highest BCUT2D eigenvalue weighted by molar-refractivity contribution is 9.10. The molecule has 0 saturated carbocycles. The van der Waals surface area contributed by atoms with E-state index in [1.54, 1.807) is 25.4 Å². The molecule has 5 heteroatoms. The fourth-order valence-corrected chi connectivity index (χ4v) is 1.38. The van der Waals surface area contributed by atoms with Crippen LogP contribution in [0.15, 0.2) is 22.9 Å². The molecular formula is C11H12BrN3O. The number of aromatic nitrogens is 1. The Bertz CT molecular complexity index is 441. The number of hydrogen-bond donors (Lipinski definition) is 1. The number of hydrogen-bond acceptors (Lipinski definition) is 3. The third kappa shape index (κ3) is 2.58. The van der Waals surface area contributed by atoms with E-state index >= 15 is 0 Å². The number of halogens is 1. The lowest BCUT2D eigenvalue weighted by atomic mass is 9.88. The molecule has 1 aromatic rings. The lowest BCUT2D eigenvalue weighted by molar-refractivity contribution is -0.122. The highest BCUT2D eigenvalue weighted by Crippen LogP contribution is 2.25. The Morgan fingerprint density at radius 1 is 1.75 bits per heavy atom. The molecule has 1 aromatic heterocycles. The number of amides is 1. The van der Waals surface area contributed by atoms with Gasteiger partial charge in [0.2, 0.25) is 5.91 Å². The van der Waals surface area contributed by atoms with Crippen molar-refractivity contribution >= 4 is 27.5 Å². The Morgan fingerprint density at radius 3 is 2.94 bits per heavy atom. The molecule has 0 saturated heterocycles. The van der Waals surface area contributed by atoms with E-state index in [1.807, 2.05) is 13.0 Å². The molecule has 0 aliphatic rings. The van der Waals surface area contributed by atoms with Gasteiger partial charge in [-0.3, -0.25) is 9.78 Å². The third-order valence-corrected chi connectivity index (χ3v) is 3.11. The van der Waals surface area contributed by atoms with Crippen LogP contribution in [0.3, 0.4) is 0 Å². The average Bonchev–Trinajstić information content (AvgIpc) is 2.31. The number of pyridine rings is 1. The molecule has 84 valence electrons. The topological polar surface area (TPSA) is 65.8 Å². The Kier molecular flexibility index (Phi) is 4.02. The van der Waals surface area contributed by atoms with E-state index in [2.05, 4.69) is 26.2 Å². The summed E-state index contributed by atoms with van der Waals surface area (Å²) in [7, 11) is 0. The average molecular weight is 282 g/mol. The molecule has 0 aliphatic heterocycles. The Labute approximate surface area is 103 Å². The van der Waals surface area contributed by atoms with Gasteiger partial charge in [0.15, 0.2) is 0 Å². The largest absolute Gasteiger partial charge is 0.324 e. The molecule has 4 nitrogen and oxygen atoms in total. The number of nitrogens with one attached hydrogen (secondary N) is 1. The maximum atomic E-state index is 11.9. The van der Waals surface area contributed by atoms with Crippen molar-refractivity contribution in [2.24, 2.45) is 5.41 Å². The maximum Gasteiger partial charge on any atom is 0.244 e. The summed E-state index contributed by atoms with van der Waals surface area (Å²) in [4.78, 5) is 15.8. The Balaban J connectivity index is 2.88. The van der Waals surface area contributed by atoms with Crippen LogP contribution >= 0.6 is 15.9 Å². The Hall–Kier alpha value is -1.41. The normalized spacial score (nSPS) is 13.6. The zero-order chi connectivity index (χ0) is 12.2. The number of carbonyl (C=O) groups is 1. The molecule has 1 heterocycles. The van der Waals surface area contributed by atoms with Crippen LogP contribution in [0.1, 0.15) is 20.3 Å². The van der Waals surface area contributed by atoms with Gasteiger partial charge in [0.1, 0.15) is 5.41 Å². The van der Waals surface area contributed by atoms with E-state index in [4.69, 9.17) is 5.26 Å². The minimum atomic E-state index is -0.997. The fourth-order valence-electron chi connectivity index (χ4n) is 1.03. The van der Waals surface area contributed by atoms with Gasteiger partial charge in [0.05, 0.1) is 16.2 Å². The van der Waals surface area contributed by atoms with Crippen LogP contribution in [0.4, 0.5) is 5.69 Å². The highest BCUT2D eigenvalue weighted by Gasteiger charge is 2.31. The van der Waals surface area contributed by atoms with E-state index in [1.165, 1.54) is 0 Å². The monoisotopic (exact) mass is 281 g/mol. The maximum absolute atomic E-state index is 11.9. The summed E-state index contributed by atoms with van der Waals surface area (Å²) in [5, 5.41) is 11.7. The number of rotatable bonds is 3. The molecule has 16 heavy (non-hydrogen) atoms. The lowest BCUT2D eigenvalue weighted by Crippen LogP contribution is -2.31. The molecule has 1 atom stereocenters. The summed E-state index contributed by atoms with van der Waals surface area (Å²) >= 11 is 3.28. The van der Waals surface area contributed by atoms with Crippen molar-refractivity contribution in [1.29, 1.82) is 5.26 Å². The van der Waals surface area contributed by atoms with Gasteiger partial charge in [-0.05, 0) is 35.3 Å². The van der Waals surface area contributed by atoms with Gasteiger partial charge in [0, 0.05) is 12.4 Å². The molecule has 1 unspecified atom stereocenters. The first-order chi connectivity index (χ1) is 7.53. The minimum Gasteiger partial charge on any atom is -0.324 e. The van der Waals surface area contributed by atoms with E-state index < -0.39 is 5.41 Å². The van der Waals surface area contributed by atoms with E-state index in [0.29, 0.717) is 16.6 Å². The highest BCUT2D eigenvalue weighted by atomic mass is 79.9. The van der Waals surface area contributed by atoms with E-state index in [9.17, 15) is 4.79 Å². The molecular weight excluding hydrogens is 270 g/mol. The van der Waals surface area contributed by atoms with Gasteiger partial charge in [-0.25, -0.2) is 0 Å². The predicted molar refractivity (Wildman–Crippen MR) is 64.6 cm³/mol. The van der Waals surface area contributed by atoms with Gasteiger partial charge in [-0.2, -0.15) is 5.26 Å². The van der Waals surface area contributed by atoms with Crippen LogP contribution < -0.4 is 5.32 Å². The van der Waals surface area contributed by atoms with Crippen LogP contribution in [0.5, 0.6) is 0 Å². The van der Waals surface area contributed by atoms with Gasteiger partial charge in [-0.1, -0.05) is 6.92 Å². The van der Waals surface area contributed by atoms with Gasteiger partial charge in [0.25, 0.3) is 0 Å². The summed E-state index contributed by atoms with van der Waals surface area (Å²) in [6.45, 7) is 3.43. The quantitative estimate of drug-likeness (QED) is 0.926.